The second kappa shape index (κ2) is 7.75. The van der Waals surface area contributed by atoms with Gasteiger partial charge in [-0.05, 0) is 36.9 Å². The molecule has 3 nitrogen and oxygen atoms in total. The first-order chi connectivity index (χ1) is 9.67. The molecule has 3 heteroatoms. The van der Waals surface area contributed by atoms with E-state index in [-0.39, 0.29) is 0 Å². The normalized spacial score (nSPS) is 19.9. The lowest BCUT2D eigenvalue weighted by Gasteiger charge is -2.15. The molecule has 0 radical (unpaired) electrons. The smallest absolute Gasteiger partial charge is 0.0544 e. The molecule has 1 aromatic rings. The van der Waals surface area contributed by atoms with Crippen molar-refractivity contribution < 1.29 is 0 Å². The molecule has 0 bridgehead atoms. The second-order valence-corrected chi connectivity index (χ2v) is 6.37. The SMILES string of the molecule is CCCC1CCN(Cc2ccc(CNC(C)C)cn2)C1. The van der Waals surface area contributed by atoms with Crippen LogP contribution in [0.3, 0.4) is 0 Å². The molecule has 1 aliphatic rings. The van der Waals surface area contributed by atoms with E-state index in [9.17, 15) is 0 Å². The van der Waals surface area contributed by atoms with Crippen molar-refractivity contribution in [2.75, 3.05) is 13.1 Å². The third-order valence-corrected chi connectivity index (χ3v) is 4.05. The summed E-state index contributed by atoms with van der Waals surface area (Å²) in [6.07, 6.45) is 6.08. The van der Waals surface area contributed by atoms with Gasteiger partial charge in [0.2, 0.25) is 0 Å². The van der Waals surface area contributed by atoms with Gasteiger partial charge in [-0.25, -0.2) is 0 Å². The minimum atomic E-state index is 0.523. The Hall–Kier alpha value is -0.930. The molecule has 20 heavy (non-hydrogen) atoms. The molecule has 1 saturated heterocycles. The molecule has 2 heterocycles. The van der Waals surface area contributed by atoms with Gasteiger partial charge in [0.1, 0.15) is 0 Å². The number of nitrogens with zero attached hydrogens (tertiary/aromatic N) is 2. The Bertz CT molecular complexity index is 386. The van der Waals surface area contributed by atoms with E-state index in [2.05, 4.69) is 48.1 Å². The molecule has 1 atom stereocenters. The zero-order valence-corrected chi connectivity index (χ0v) is 13.2. The molecule has 1 aliphatic heterocycles. The zero-order chi connectivity index (χ0) is 14.4. The van der Waals surface area contributed by atoms with Gasteiger partial charge in [0.05, 0.1) is 5.69 Å². The largest absolute Gasteiger partial charge is 0.310 e. The van der Waals surface area contributed by atoms with Crippen LogP contribution < -0.4 is 5.32 Å². The van der Waals surface area contributed by atoms with Crippen molar-refractivity contribution in [1.29, 1.82) is 0 Å². The lowest BCUT2D eigenvalue weighted by molar-refractivity contribution is 0.309. The van der Waals surface area contributed by atoms with Crippen molar-refractivity contribution in [2.24, 2.45) is 5.92 Å². The fourth-order valence-corrected chi connectivity index (χ4v) is 2.90. The number of nitrogens with one attached hydrogen (secondary N) is 1. The number of rotatable bonds is 7. The topological polar surface area (TPSA) is 28.2 Å². The van der Waals surface area contributed by atoms with Crippen LogP contribution in [-0.2, 0) is 13.1 Å². The van der Waals surface area contributed by atoms with E-state index in [0.717, 1.165) is 19.0 Å². The summed E-state index contributed by atoms with van der Waals surface area (Å²) >= 11 is 0. The van der Waals surface area contributed by atoms with E-state index in [1.54, 1.807) is 0 Å². The van der Waals surface area contributed by atoms with Gasteiger partial charge in [0.15, 0.2) is 0 Å². The van der Waals surface area contributed by atoms with Gasteiger partial charge in [-0.1, -0.05) is 33.3 Å². The lowest BCUT2D eigenvalue weighted by atomic mass is 10.0. The lowest BCUT2D eigenvalue weighted by Crippen LogP contribution is -2.22. The van der Waals surface area contributed by atoms with Gasteiger partial charge in [0, 0.05) is 31.9 Å². The third-order valence-electron chi connectivity index (χ3n) is 4.05. The molecular formula is C17H29N3. The molecule has 1 aromatic heterocycles. The molecule has 112 valence electrons. The maximum atomic E-state index is 4.61. The average molecular weight is 275 g/mol. The minimum Gasteiger partial charge on any atom is -0.310 e. The number of hydrogen-bond acceptors (Lipinski definition) is 3. The van der Waals surface area contributed by atoms with Crippen LogP contribution in [0.15, 0.2) is 18.3 Å². The summed E-state index contributed by atoms with van der Waals surface area (Å²) in [6, 6.07) is 4.91. The first kappa shape index (κ1) is 15.5. The Morgan fingerprint density at radius 3 is 2.90 bits per heavy atom. The monoisotopic (exact) mass is 275 g/mol. The predicted octanol–water partition coefficient (Wildman–Crippen LogP) is 3.20. The van der Waals surface area contributed by atoms with Crippen molar-refractivity contribution in [3.63, 3.8) is 0 Å². The summed E-state index contributed by atoms with van der Waals surface area (Å²) in [6.45, 7) is 11.0. The highest BCUT2D eigenvalue weighted by Crippen LogP contribution is 2.22. The molecule has 0 saturated carbocycles. The number of hydrogen-bond donors (Lipinski definition) is 1. The Kier molecular flexibility index (Phi) is 5.99. The molecule has 2 rings (SSSR count). The van der Waals surface area contributed by atoms with Crippen LogP contribution in [0.4, 0.5) is 0 Å². The third kappa shape index (κ3) is 4.88. The quantitative estimate of drug-likeness (QED) is 0.828. The first-order valence-electron chi connectivity index (χ1n) is 8.07. The van der Waals surface area contributed by atoms with Gasteiger partial charge in [-0.2, -0.15) is 0 Å². The Morgan fingerprint density at radius 2 is 2.25 bits per heavy atom. The van der Waals surface area contributed by atoms with Crippen LogP contribution in [0.1, 0.15) is 51.3 Å². The van der Waals surface area contributed by atoms with Crippen molar-refractivity contribution in [1.82, 2.24) is 15.2 Å². The van der Waals surface area contributed by atoms with E-state index < -0.39 is 0 Å². The summed E-state index contributed by atoms with van der Waals surface area (Å²) < 4.78 is 0. The van der Waals surface area contributed by atoms with Crippen LogP contribution >= 0.6 is 0 Å². The van der Waals surface area contributed by atoms with E-state index in [1.807, 2.05) is 6.20 Å². The molecule has 0 aliphatic carbocycles. The van der Waals surface area contributed by atoms with Crippen LogP contribution in [0.25, 0.3) is 0 Å². The number of pyridine rings is 1. The fraction of sp³-hybridized carbons (Fsp3) is 0.706. The van der Waals surface area contributed by atoms with Crippen LogP contribution in [0.5, 0.6) is 0 Å². The molecule has 1 unspecified atom stereocenters. The van der Waals surface area contributed by atoms with E-state index in [0.29, 0.717) is 6.04 Å². The molecule has 0 aromatic carbocycles. The van der Waals surface area contributed by atoms with Gasteiger partial charge in [0.25, 0.3) is 0 Å². The van der Waals surface area contributed by atoms with Crippen LogP contribution in [-0.4, -0.2) is 29.0 Å². The predicted molar refractivity (Wildman–Crippen MR) is 84.5 cm³/mol. The fourth-order valence-electron chi connectivity index (χ4n) is 2.90. The van der Waals surface area contributed by atoms with E-state index >= 15 is 0 Å². The molecule has 1 fully saturated rings. The highest BCUT2D eigenvalue weighted by Gasteiger charge is 2.21. The molecule has 0 amide bonds. The van der Waals surface area contributed by atoms with E-state index in [4.69, 9.17) is 0 Å². The van der Waals surface area contributed by atoms with E-state index in [1.165, 1.54) is 43.6 Å². The molecular weight excluding hydrogens is 246 g/mol. The summed E-state index contributed by atoms with van der Waals surface area (Å²) in [7, 11) is 0. The highest BCUT2D eigenvalue weighted by molar-refractivity contribution is 5.14. The van der Waals surface area contributed by atoms with Gasteiger partial charge in [-0.15, -0.1) is 0 Å². The van der Waals surface area contributed by atoms with Crippen molar-refractivity contribution in [2.45, 2.75) is 59.2 Å². The van der Waals surface area contributed by atoms with Crippen molar-refractivity contribution >= 4 is 0 Å². The Morgan fingerprint density at radius 1 is 1.40 bits per heavy atom. The van der Waals surface area contributed by atoms with Gasteiger partial charge in [-0.3, -0.25) is 9.88 Å². The van der Waals surface area contributed by atoms with Crippen molar-refractivity contribution in [3.05, 3.63) is 29.6 Å². The standard InChI is InChI=1S/C17H29N3/c1-4-5-15-8-9-20(12-15)13-17-7-6-16(11-19-17)10-18-14(2)3/h6-7,11,14-15,18H,4-5,8-10,12-13H2,1-3H3. The second-order valence-electron chi connectivity index (χ2n) is 6.37. The zero-order valence-electron chi connectivity index (χ0n) is 13.2. The number of aromatic nitrogens is 1. The summed E-state index contributed by atoms with van der Waals surface area (Å²) in [5.41, 5.74) is 2.48. The molecule has 1 N–H and O–H groups in total. The summed E-state index contributed by atoms with van der Waals surface area (Å²) in [4.78, 5) is 7.16. The number of likely N-dealkylation sites (tertiary alicyclic amines) is 1. The van der Waals surface area contributed by atoms with Gasteiger partial charge >= 0.3 is 0 Å². The minimum absolute atomic E-state index is 0.523. The average Bonchev–Trinajstić information content (AvgIpc) is 2.86. The molecule has 0 spiro atoms. The maximum absolute atomic E-state index is 4.61. The van der Waals surface area contributed by atoms with Gasteiger partial charge < -0.3 is 5.32 Å². The van der Waals surface area contributed by atoms with Crippen molar-refractivity contribution in [3.8, 4) is 0 Å². The highest BCUT2D eigenvalue weighted by atomic mass is 15.1. The Labute approximate surface area is 123 Å². The maximum Gasteiger partial charge on any atom is 0.0544 e. The Balaban J connectivity index is 1.79. The summed E-state index contributed by atoms with van der Waals surface area (Å²) in [5.74, 6) is 0.912. The first-order valence-corrected chi connectivity index (χ1v) is 8.07. The van der Waals surface area contributed by atoms with Crippen LogP contribution in [0.2, 0.25) is 0 Å². The summed E-state index contributed by atoms with van der Waals surface area (Å²) in [5, 5.41) is 3.42. The van der Waals surface area contributed by atoms with Crippen LogP contribution in [0, 0.1) is 5.92 Å².